The molecule has 0 saturated carbocycles. The van der Waals surface area contributed by atoms with E-state index in [4.69, 9.17) is 38.1 Å². The minimum absolute atomic E-state index is 0.0436. The molecule has 0 saturated heterocycles. The molecule has 0 aliphatic carbocycles. The lowest BCUT2D eigenvalue weighted by atomic mass is 10.0. The van der Waals surface area contributed by atoms with E-state index in [0.29, 0.717) is 96.8 Å². The lowest BCUT2D eigenvalue weighted by molar-refractivity contribution is -0.157. The Balaban J connectivity index is 6.71. The number of hydrogen-bond acceptors (Lipinski definition) is 17. The lowest BCUT2D eigenvalue weighted by Gasteiger charge is -2.27. The van der Waals surface area contributed by atoms with Gasteiger partial charge in [-0.1, -0.05) is 245 Å². The highest BCUT2D eigenvalue weighted by molar-refractivity contribution is 7.99. The molecular weight excluding hydrogens is 1360 g/mol. The number of nitrogens with one attached hydrogen (secondary N) is 7. The molecule has 616 valence electrons. The van der Waals surface area contributed by atoms with E-state index in [-0.39, 0.29) is 63.2 Å². The van der Waals surface area contributed by atoms with Crippen LogP contribution in [0.25, 0.3) is 0 Å². The zero-order valence-corrected chi connectivity index (χ0v) is 67.7. The van der Waals surface area contributed by atoms with Crippen molar-refractivity contribution in [3.05, 3.63) is 0 Å². The molecule has 1 unspecified atom stereocenters. The second-order valence-electron chi connectivity index (χ2n) is 29.4. The molecule has 0 aromatic carbocycles. The molecule has 17 N–H and O–H groups in total. The Morgan fingerprint density at radius 1 is 0.349 bits per heavy atom. The van der Waals surface area contributed by atoms with Crippen LogP contribution in [0.1, 0.15) is 361 Å². The van der Waals surface area contributed by atoms with Gasteiger partial charge in [0.1, 0.15) is 49.0 Å². The molecule has 0 rings (SSSR count). The fourth-order valence-electron chi connectivity index (χ4n) is 12.8. The van der Waals surface area contributed by atoms with Crippen LogP contribution < -0.4 is 65.9 Å². The largest absolute Gasteiger partial charge is 0.462 e. The summed E-state index contributed by atoms with van der Waals surface area (Å²) >= 11 is 1.18. The van der Waals surface area contributed by atoms with Gasteiger partial charge in [-0.2, -0.15) is 17.0 Å². The molecule has 7 atom stereocenters. The van der Waals surface area contributed by atoms with Crippen LogP contribution in [0.3, 0.4) is 0 Å². The number of esters is 2. The molecule has 24 nitrogen and oxygen atoms in total. The fraction of sp³-hybridized carbons (Fsp3) is 0.877. The molecule has 106 heavy (non-hydrogen) atoms. The quantitative estimate of drug-likeness (QED) is 0.0199. The Morgan fingerprint density at radius 3 is 1.00 bits per heavy atom. The van der Waals surface area contributed by atoms with E-state index in [0.717, 1.165) is 57.8 Å². The smallest absolute Gasteiger partial charge is 0.315 e. The Labute approximate surface area is 646 Å². The average Bonchev–Trinajstić information content (AvgIpc) is 0.863. The maximum absolute atomic E-state index is 14.6. The van der Waals surface area contributed by atoms with E-state index in [2.05, 4.69) is 58.0 Å². The molecule has 0 aromatic heterocycles. The number of carbonyl (C=O) groups excluding carboxylic acids is 9. The normalized spacial score (nSPS) is 13.2. The van der Waals surface area contributed by atoms with Crippen LogP contribution in [-0.4, -0.2) is 147 Å². The number of hydrogen-bond donors (Lipinski definition) is 12. The number of thioether (sulfide) groups is 1. The first-order chi connectivity index (χ1) is 51.5. The number of nitrogens with two attached hydrogens (primary N) is 5. The Kier molecular flexibility index (Phi) is 70.1. The molecule has 0 aliphatic rings. The van der Waals surface area contributed by atoms with E-state index in [1.165, 1.54) is 179 Å². The van der Waals surface area contributed by atoms with E-state index in [1.54, 1.807) is 0 Å². The highest BCUT2D eigenvalue weighted by atomic mass is 32.2. The molecule has 0 aliphatic heterocycles. The van der Waals surface area contributed by atoms with Gasteiger partial charge in [-0.3, -0.25) is 38.4 Å². The maximum Gasteiger partial charge on any atom is 0.315 e. The Bertz CT molecular complexity index is 2270. The minimum atomic E-state index is -1.54. The topological polar surface area (TPSA) is 410 Å². The van der Waals surface area contributed by atoms with Crippen molar-refractivity contribution in [2.75, 3.05) is 50.8 Å². The molecule has 25 heteroatoms. The molecule has 0 spiro atoms. The van der Waals surface area contributed by atoms with E-state index < -0.39 is 102 Å². The third-order valence-electron chi connectivity index (χ3n) is 19.5. The number of nitrogens with zero attached hydrogens (tertiary/aromatic N) is 1. The number of primary amides is 1. The SMILES string of the molecule is CCCCCCCCCCCCCCCC(=O)OCC(CSC[C@H](NC(=O)NCCCCCCCCCCCCCC)C(=O)N[C@@H](CC#N)C(=O)N[C@@H](CCCCN)C(=O)N[C@@H](CCCCN)C(=O)N[C@@H](CCCCN)C(=O)N[C@@H](CCCCN)C(N)=O)OC(=O)CCCCCCCCCCCCCCC. The number of amides is 8. The standard InChI is InChI=1S/C81H155N13O11S/c1-4-7-10-13-16-19-22-25-27-30-33-36-39-54-73(95)104-63-66(105-74(96)55-40-37-34-31-28-26-23-20-17-14-11-8-5-2)64-106-65-72(94-81(103)88-62-49-38-35-32-29-24-21-18-15-12-9-6-3)80(102)93-71(56-61-86)79(101)92-70(53-44-48-60-85)78(100)91-69(52-43-47-59-84)77(99)90-68(51-42-46-58-83)76(98)89-67(75(87)97)50-41-45-57-82/h66-72H,4-60,62-65,82-85H2,1-3H3,(H2,87,97)(H,89,98)(H,90,99)(H,91,100)(H,92,101)(H,93,102)(H2,88,94,103)/t66?,67-,68-,69-,70-,71-,72-/m0/s1. The van der Waals surface area contributed by atoms with Gasteiger partial charge in [0.2, 0.25) is 35.4 Å². The average molecular weight is 1520 g/mol. The summed E-state index contributed by atoms with van der Waals surface area (Å²) in [5.74, 6) is -5.39. The summed E-state index contributed by atoms with van der Waals surface area (Å²) in [6.07, 6.45) is 47.4. The van der Waals surface area contributed by atoms with Crippen LogP contribution in [0.2, 0.25) is 0 Å². The molecule has 0 heterocycles. The summed E-state index contributed by atoms with van der Waals surface area (Å²) in [4.78, 5) is 125. The van der Waals surface area contributed by atoms with Gasteiger partial charge in [0.05, 0.1) is 12.5 Å². The van der Waals surface area contributed by atoms with Crippen LogP contribution in [0, 0.1) is 11.3 Å². The number of nitriles is 1. The number of ether oxygens (including phenoxy) is 2. The second kappa shape index (κ2) is 73.8. The number of unbranched alkanes of at least 4 members (excludes halogenated alkanes) is 39. The molecule has 8 amide bonds. The van der Waals surface area contributed by atoms with Crippen LogP contribution in [-0.2, 0) is 47.8 Å². The monoisotopic (exact) mass is 1520 g/mol. The van der Waals surface area contributed by atoms with Crippen LogP contribution in [0.15, 0.2) is 0 Å². The van der Waals surface area contributed by atoms with Crippen molar-refractivity contribution in [3.63, 3.8) is 0 Å². The Hall–Kier alpha value is -5.29. The minimum Gasteiger partial charge on any atom is -0.462 e. The van der Waals surface area contributed by atoms with Gasteiger partial charge in [0, 0.05) is 30.9 Å². The van der Waals surface area contributed by atoms with E-state index >= 15 is 0 Å². The van der Waals surface area contributed by atoms with Crippen LogP contribution >= 0.6 is 11.8 Å². The van der Waals surface area contributed by atoms with E-state index in [9.17, 15) is 48.4 Å². The van der Waals surface area contributed by atoms with E-state index in [1.807, 2.05) is 6.07 Å². The lowest BCUT2D eigenvalue weighted by Crippen LogP contribution is -2.60. The predicted molar refractivity (Wildman–Crippen MR) is 431 cm³/mol. The predicted octanol–water partition coefficient (Wildman–Crippen LogP) is 12.8. The van der Waals surface area contributed by atoms with Crippen molar-refractivity contribution in [3.8, 4) is 6.07 Å². The zero-order valence-electron chi connectivity index (χ0n) is 66.9. The number of carbonyl (C=O) groups is 9. The first-order valence-corrected chi connectivity index (χ1v) is 43.7. The Morgan fingerprint density at radius 2 is 0.651 bits per heavy atom. The van der Waals surface area contributed by atoms with Gasteiger partial charge in [0.15, 0.2) is 0 Å². The molecule has 0 bridgehead atoms. The van der Waals surface area contributed by atoms with Crippen molar-refractivity contribution >= 4 is 65.2 Å². The highest BCUT2D eigenvalue weighted by Gasteiger charge is 2.34. The first-order valence-electron chi connectivity index (χ1n) is 42.5. The van der Waals surface area contributed by atoms with Crippen molar-refractivity contribution < 1.29 is 52.6 Å². The van der Waals surface area contributed by atoms with Crippen molar-refractivity contribution in [1.82, 2.24) is 37.2 Å². The van der Waals surface area contributed by atoms with Gasteiger partial charge >= 0.3 is 18.0 Å². The van der Waals surface area contributed by atoms with Gasteiger partial charge in [-0.15, -0.1) is 0 Å². The third kappa shape index (κ3) is 59.6. The van der Waals surface area contributed by atoms with Crippen molar-refractivity contribution in [2.45, 2.75) is 403 Å². The van der Waals surface area contributed by atoms with Crippen LogP contribution in [0.4, 0.5) is 4.79 Å². The van der Waals surface area contributed by atoms with Gasteiger partial charge < -0.3 is 75.4 Å². The number of urea groups is 1. The summed E-state index contributed by atoms with van der Waals surface area (Å²) < 4.78 is 11.8. The fourth-order valence-corrected chi connectivity index (χ4v) is 13.8. The third-order valence-corrected chi connectivity index (χ3v) is 20.7. The van der Waals surface area contributed by atoms with Crippen molar-refractivity contribution in [2.24, 2.45) is 28.7 Å². The molecular formula is C81H155N13O11S. The summed E-state index contributed by atoms with van der Waals surface area (Å²) in [7, 11) is 0. The van der Waals surface area contributed by atoms with Gasteiger partial charge in [-0.25, -0.2) is 4.79 Å². The van der Waals surface area contributed by atoms with Gasteiger partial charge in [0.25, 0.3) is 0 Å². The summed E-state index contributed by atoms with van der Waals surface area (Å²) in [6.45, 7) is 8.10. The summed E-state index contributed by atoms with van der Waals surface area (Å²) in [6, 6.07) is -6.22. The maximum atomic E-state index is 14.6. The zero-order chi connectivity index (χ0) is 78.1. The number of rotatable bonds is 77. The summed E-state index contributed by atoms with van der Waals surface area (Å²) in [5.41, 5.74) is 28.8. The first kappa shape index (κ1) is 101. The second-order valence-corrected chi connectivity index (χ2v) is 30.4. The van der Waals surface area contributed by atoms with Crippen LogP contribution in [0.5, 0.6) is 0 Å². The van der Waals surface area contributed by atoms with Gasteiger partial charge in [-0.05, 0) is 122 Å². The molecule has 0 fully saturated rings. The summed E-state index contributed by atoms with van der Waals surface area (Å²) in [5, 5.41) is 29.4. The van der Waals surface area contributed by atoms with Crippen molar-refractivity contribution in [1.29, 1.82) is 5.26 Å². The molecule has 0 radical (unpaired) electrons. The highest BCUT2D eigenvalue weighted by Crippen LogP contribution is 2.19. The molecule has 0 aromatic rings.